The van der Waals surface area contributed by atoms with Gasteiger partial charge in [-0.2, -0.15) is 0 Å². The molecule has 3 aliphatic rings. The lowest BCUT2D eigenvalue weighted by Crippen LogP contribution is -2.59. The minimum absolute atomic E-state index is 0.0000249. The number of ketones is 1. The summed E-state index contributed by atoms with van der Waals surface area (Å²) in [5.41, 5.74) is -2.30. The zero-order valence-corrected chi connectivity index (χ0v) is 28.8. The van der Waals surface area contributed by atoms with Gasteiger partial charge in [0.2, 0.25) is 0 Å². The van der Waals surface area contributed by atoms with E-state index < -0.39 is 41.4 Å². The second kappa shape index (κ2) is 15.0. The second-order valence-electron chi connectivity index (χ2n) is 14.9. The van der Waals surface area contributed by atoms with E-state index in [-0.39, 0.29) is 36.5 Å². The van der Waals surface area contributed by atoms with Gasteiger partial charge in [0.25, 0.3) is 0 Å². The van der Waals surface area contributed by atoms with Gasteiger partial charge in [-0.3, -0.25) is 14.5 Å². The van der Waals surface area contributed by atoms with Crippen molar-refractivity contribution in [2.75, 3.05) is 61.0 Å². The lowest BCUT2D eigenvalue weighted by atomic mass is 9.74. The predicted molar refractivity (Wildman–Crippen MR) is 167 cm³/mol. The van der Waals surface area contributed by atoms with E-state index in [9.17, 15) is 14.7 Å². The quantitative estimate of drug-likeness (QED) is 0.356. The highest BCUT2D eigenvalue weighted by molar-refractivity contribution is 6.04. The number of likely N-dealkylation sites (tertiary alicyclic amines) is 1. The van der Waals surface area contributed by atoms with E-state index in [1.807, 2.05) is 32.8 Å². The smallest absolute Gasteiger partial charge is 0.319 e. The highest BCUT2D eigenvalue weighted by atomic mass is 16.7. The van der Waals surface area contributed by atoms with Gasteiger partial charge in [0.05, 0.1) is 23.9 Å². The van der Waals surface area contributed by atoms with Crippen molar-refractivity contribution in [1.82, 2.24) is 14.7 Å². The van der Waals surface area contributed by atoms with Gasteiger partial charge in [-0.15, -0.1) is 0 Å². The van der Waals surface area contributed by atoms with Crippen molar-refractivity contribution in [3.8, 4) is 0 Å². The first-order valence-electron chi connectivity index (χ1n) is 16.3. The monoisotopic (exact) mass is 611 g/mol. The molecular weight excluding hydrogens is 550 g/mol. The van der Waals surface area contributed by atoms with E-state index >= 15 is 0 Å². The highest BCUT2D eigenvalue weighted by Crippen LogP contribution is 2.38. The Morgan fingerprint density at radius 3 is 2.26 bits per heavy atom. The van der Waals surface area contributed by atoms with Gasteiger partial charge in [0, 0.05) is 32.2 Å². The summed E-state index contributed by atoms with van der Waals surface area (Å²) in [5.74, 6) is -0.650. The predicted octanol–water partition coefficient (Wildman–Crippen LogP) is 3.05. The lowest BCUT2D eigenvalue weighted by molar-refractivity contribution is -0.295. The molecule has 0 bridgehead atoms. The molecule has 3 rings (SSSR count). The maximum atomic E-state index is 14.2. The lowest BCUT2D eigenvalue weighted by Gasteiger charge is -2.47. The van der Waals surface area contributed by atoms with Crippen LogP contribution in [-0.2, 0) is 28.5 Å². The average molecular weight is 612 g/mol. The number of Topliss-reactive ketones (excluding diaryl/α,β-unsaturated/α-hetero) is 1. The number of methoxy groups -OCH3 is 1. The molecule has 3 fully saturated rings. The van der Waals surface area contributed by atoms with Crippen LogP contribution in [0, 0.1) is 23.2 Å². The van der Waals surface area contributed by atoms with Gasteiger partial charge < -0.3 is 33.9 Å². The Morgan fingerprint density at radius 1 is 1.05 bits per heavy atom. The standard InChI is InChI=1S/C33H61N3O7/c1-21-12-14-36(15-13-21)19-25-20-41-31(39)32(5,6)28(38)24(4)29(33(7,40-11)17-22(2)18-35(25)10)43-30-27(37)26(34(8)9)16-23(3)42-30/h21-27,29-30,37H,12-20H2,1-11H3/t22-,23-,24+,25-,26+,27-,29-,30+,33-/m1/s1. The van der Waals surface area contributed by atoms with E-state index in [0.29, 0.717) is 12.8 Å². The summed E-state index contributed by atoms with van der Waals surface area (Å²) in [7, 11) is 7.59. The van der Waals surface area contributed by atoms with E-state index in [1.54, 1.807) is 27.9 Å². The second-order valence-corrected chi connectivity index (χ2v) is 14.9. The van der Waals surface area contributed by atoms with Crippen LogP contribution >= 0.6 is 0 Å². The third-order valence-electron chi connectivity index (χ3n) is 10.3. The summed E-state index contributed by atoms with van der Waals surface area (Å²) in [4.78, 5) is 34.5. The first-order valence-corrected chi connectivity index (χ1v) is 16.3. The van der Waals surface area contributed by atoms with Gasteiger partial charge in [0.15, 0.2) is 12.1 Å². The first-order chi connectivity index (χ1) is 20.0. The molecule has 0 aliphatic carbocycles. The molecule has 0 unspecified atom stereocenters. The van der Waals surface area contributed by atoms with Gasteiger partial charge in [0.1, 0.15) is 18.1 Å². The number of cyclic esters (lactones) is 1. The summed E-state index contributed by atoms with van der Waals surface area (Å²) < 4.78 is 24.9. The fraction of sp³-hybridized carbons (Fsp3) is 0.939. The number of likely N-dealkylation sites (N-methyl/N-ethyl adjacent to an activating group) is 2. The van der Waals surface area contributed by atoms with Crippen molar-refractivity contribution < 1.29 is 33.6 Å². The summed E-state index contributed by atoms with van der Waals surface area (Å²) in [6, 6.07) is -0.165. The zero-order chi connectivity index (χ0) is 32.3. The Bertz CT molecular complexity index is 924. The van der Waals surface area contributed by atoms with E-state index in [4.69, 9.17) is 18.9 Å². The minimum Gasteiger partial charge on any atom is -0.463 e. The van der Waals surface area contributed by atoms with Crippen LogP contribution in [0.5, 0.6) is 0 Å². The minimum atomic E-state index is -1.40. The topological polar surface area (TPSA) is 101 Å². The number of carbonyl (C=O) groups excluding carboxylic acids is 2. The maximum absolute atomic E-state index is 14.2. The maximum Gasteiger partial charge on any atom is 0.319 e. The van der Waals surface area contributed by atoms with E-state index in [0.717, 1.165) is 32.1 Å². The molecular formula is C33H61N3O7. The van der Waals surface area contributed by atoms with Crippen LogP contribution in [0.2, 0.25) is 0 Å². The number of ether oxygens (including phenoxy) is 4. The Kier molecular flexibility index (Phi) is 12.6. The molecule has 10 nitrogen and oxygen atoms in total. The van der Waals surface area contributed by atoms with Gasteiger partial charge in [-0.05, 0) is 99.4 Å². The Labute approximate surface area is 260 Å². The number of aliphatic hydroxyl groups is 1. The van der Waals surface area contributed by atoms with Crippen LogP contribution in [0.3, 0.4) is 0 Å². The molecule has 0 aromatic carbocycles. The fourth-order valence-electron chi connectivity index (χ4n) is 7.32. The van der Waals surface area contributed by atoms with Crippen molar-refractivity contribution in [3.05, 3.63) is 0 Å². The number of carbonyl (C=O) groups is 2. The van der Waals surface area contributed by atoms with Crippen LogP contribution in [0.4, 0.5) is 0 Å². The first kappa shape index (κ1) is 36.3. The molecule has 0 aromatic rings. The Balaban J connectivity index is 1.94. The summed E-state index contributed by atoms with van der Waals surface area (Å²) >= 11 is 0. The van der Waals surface area contributed by atoms with Crippen LogP contribution in [-0.4, -0.2) is 135 Å². The SMILES string of the molecule is CO[C@]1(C)C[C@@H](C)CN(C)[C@H](CN2CCC(C)CC2)COC(=O)C(C)(C)C(=O)[C@H](C)[C@H]1O[C@@H]1O[C@H](C)C[C@H](N(C)C)[C@H]1O. The zero-order valence-electron chi connectivity index (χ0n) is 28.8. The average Bonchev–Trinajstić information content (AvgIpc) is 2.94. The molecule has 0 amide bonds. The number of esters is 1. The fourth-order valence-corrected chi connectivity index (χ4v) is 7.32. The van der Waals surface area contributed by atoms with Crippen molar-refractivity contribution >= 4 is 11.8 Å². The summed E-state index contributed by atoms with van der Waals surface area (Å²) in [6.45, 7) is 17.4. The number of hydrogen-bond acceptors (Lipinski definition) is 10. The third-order valence-corrected chi connectivity index (χ3v) is 10.3. The summed E-state index contributed by atoms with van der Waals surface area (Å²) in [5, 5.41) is 11.3. The van der Waals surface area contributed by atoms with Crippen molar-refractivity contribution in [2.45, 2.75) is 116 Å². The molecule has 9 atom stereocenters. The van der Waals surface area contributed by atoms with Crippen LogP contribution < -0.4 is 0 Å². The number of piperidine rings is 1. The Morgan fingerprint density at radius 2 is 1.67 bits per heavy atom. The third kappa shape index (κ3) is 8.77. The van der Waals surface area contributed by atoms with Crippen molar-refractivity contribution in [3.63, 3.8) is 0 Å². The van der Waals surface area contributed by atoms with Crippen molar-refractivity contribution in [2.24, 2.45) is 23.2 Å². The Hall–Kier alpha value is -1.14. The van der Waals surface area contributed by atoms with Crippen LogP contribution in [0.1, 0.15) is 74.1 Å². The van der Waals surface area contributed by atoms with Gasteiger partial charge >= 0.3 is 5.97 Å². The highest BCUT2D eigenvalue weighted by Gasteiger charge is 2.51. The van der Waals surface area contributed by atoms with Crippen LogP contribution in [0.15, 0.2) is 0 Å². The molecule has 1 N–H and O–H groups in total. The van der Waals surface area contributed by atoms with E-state index in [2.05, 4.69) is 30.7 Å². The normalized spacial score (nSPS) is 40.0. The number of hydrogen-bond donors (Lipinski definition) is 1. The molecule has 0 aromatic heterocycles. The van der Waals surface area contributed by atoms with Crippen LogP contribution in [0.25, 0.3) is 0 Å². The summed E-state index contributed by atoms with van der Waals surface area (Å²) in [6.07, 6.45) is 0.813. The van der Waals surface area contributed by atoms with Gasteiger partial charge in [-0.1, -0.05) is 20.8 Å². The van der Waals surface area contributed by atoms with E-state index in [1.165, 1.54) is 12.8 Å². The molecule has 0 saturated carbocycles. The number of aliphatic hydroxyl groups excluding tert-OH is 1. The number of nitrogens with zero attached hydrogens (tertiary/aromatic N) is 3. The van der Waals surface area contributed by atoms with Gasteiger partial charge in [-0.25, -0.2) is 0 Å². The molecule has 3 heterocycles. The molecule has 43 heavy (non-hydrogen) atoms. The molecule has 0 spiro atoms. The molecule has 250 valence electrons. The molecule has 10 heteroatoms. The molecule has 0 radical (unpaired) electrons. The van der Waals surface area contributed by atoms with Crippen molar-refractivity contribution in [1.29, 1.82) is 0 Å². The number of rotatable bonds is 6. The molecule has 3 aliphatic heterocycles. The molecule has 3 saturated heterocycles. The largest absolute Gasteiger partial charge is 0.463 e.